The summed E-state index contributed by atoms with van der Waals surface area (Å²) in [5.74, 6) is -0.336. The lowest BCUT2D eigenvalue weighted by Gasteiger charge is -1.97. The van der Waals surface area contributed by atoms with Crippen LogP contribution >= 0.6 is 0 Å². The van der Waals surface area contributed by atoms with Crippen molar-refractivity contribution in [3.8, 4) is 0 Å². The van der Waals surface area contributed by atoms with E-state index < -0.39 is 0 Å². The molecule has 0 aliphatic heterocycles. The molecule has 0 saturated carbocycles. The molecule has 0 heterocycles. The van der Waals surface area contributed by atoms with Crippen LogP contribution in [0.3, 0.4) is 0 Å². The number of hydrogen-bond donors (Lipinski definition) is 1. The Bertz CT molecular complexity index is 237. The number of anilines is 1. The SMILES string of the molecule is CBc1ccc(F)c(N)c1. The molecule has 3 heteroatoms. The lowest BCUT2D eigenvalue weighted by molar-refractivity contribution is 0.633. The predicted octanol–water partition coefficient (Wildman–Crippen LogP) is 0.518. The van der Waals surface area contributed by atoms with E-state index >= 15 is 0 Å². The Morgan fingerprint density at radius 1 is 1.50 bits per heavy atom. The third-order valence-electron chi connectivity index (χ3n) is 1.47. The van der Waals surface area contributed by atoms with Gasteiger partial charge in [0.05, 0.1) is 5.69 Å². The third-order valence-corrected chi connectivity index (χ3v) is 1.47. The Labute approximate surface area is 60.3 Å². The van der Waals surface area contributed by atoms with Gasteiger partial charge in [-0.3, -0.25) is 0 Å². The van der Waals surface area contributed by atoms with Crippen LogP contribution in [0.25, 0.3) is 0 Å². The Morgan fingerprint density at radius 3 is 2.70 bits per heavy atom. The maximum atomic E-state index is 12.5. The molecule has 0 aliphatic carbocycles. The quantitative estimate of drug-likeness (QED) is 0.443. The van der Waals surface area contributed by atoms with Gasteiger partial charge in [0, 0.05) is 0 Å². The molecule has 0 spiro atoms. The molecular formula is C7H9BFN. The fraction of sp³-hybridized carbons (Fsp3) is 0.143. The van der Waals surface area contributed by atoms with E-state index in [1.165, 1.54) is 6.07 Å². The van der Waals surface area contributed by atoms with E-state index in [0.717, 1.165) is 12.7 Å². The topological polar surface area (TPSA) is 26.0 Å². The number of nitrogen functional groups attached to an aromatic ring is 1. The highest BCUT2D eigenvalue weighted by atomic mass is 19.1. The van der Waals surface area contributed by atoms with Crippen LogP contribution in [-0.4, -0.2) is 7.28 Å². The molecule has 0 radical (unpaired) electrons. The molecular weight excluding hydrogens is 128 g/mol. The van der Waals surface area contributed by atoms with Gasteiger partial charge >= 0.3 is 0 Å². The number of hydrogen-bond acceptors (Lipinski definition) is 1. The maximum absolute atomic E-state index is 12.5. The Morgan fingerprint density at radius 2 is 2.20 bits per heavy atom. The summed E-state index contributed by atoms with van der Waals surface area (Å²) < 4.78 is 12.5. The fourth-order valence-electron chi connectivity index (χ4n) is 0.813. The predicted molar refractivity (Wildman–Crippen MR) is 43.5 cm³/mol. The molecule has 52 valence electrons. The van der Waals surface area contributed by atoms with Gasteiger partial charge in [0.25, 0.3) is 0 Å². The molecule has 0 fully saturated rings. The van der Waals surface area contributed by atoms with E-state index in [-0.39, 0.29) is 11.5 Å². The first-order chi connectivity index (χ1) is 4.74. The van der Waals surface area contributed by atoms with Gasteiger partial charge < -0.3 is 5.73 Å². The second kappa shape index (κ2) is 2.73. The zero-order valence-corrected chi connectivity index (χ0v) is 5.89. The van der Waals surface area contributed by atoms with Crippen molar-refractivity contribution in [2.75, 3.05) is 5.73 Å². The van der Waals surface area contributed by atoms with E-state index in [0.29, 0.717) is 0 Å². The lowest BCUT2D eigenvalue weighted by atomic mass is 9.73. The first kappa shape index (κ1) is 7.13. The van der Waals surface area contributed by atoms with Crippen LogP contribution in [0.4, 0.5) is 10.1 Å². The van der Waals surface area contributed by atoms with E-state index in [2.05, 4.69) is 0 Å². The van der Waals surface area contributed by atoms with Crippen LogP contribution in [0.2, 0.25) is 6.82 Å². The minimum absolute atomic E-state index is 0.236. The van der Waals surface area contributed by atoms with Gasteiger partial charge in [0.2, 0.25) is 0 Å². The van der Waals surface area contributed by atoms with Crippen molar-refractivity contribution in [2.24, 2.45) is 0 Å². The third kappa shape index (κ3) is 1.29. The lowest BCUT2D eigenvalue weighted by Crippen LogP contribution is -2.11. The zero-order valence-electron chi connectivity index (χ0n) is 5.89. The maximum Gasteiger partial charge on any atom is 0.154 e. The number of halogens is 1. The highest BCUT2D eigenvalue weighted by molar-refractivity contribution is 6.52. The van der Waals surface area contributed by atoms with Gasteiger partial charge in [-0.25, -0.2) is 4.39 Å². The van der Waals surface area contributed by atoms with Crippen molar-refractivity contribution in [1.82, 2.24) is 0 Å². The number of rotatable bonds is 1. The Balaban J connectivity index is 3.04. The van der Waals surface area contributed by atoms with Crippen LogP contribution in [-0.2, 0) is 0 Å². The molecule has 2 N–H and O–H groups in total. The summed E-state index contributed by atoms with van der Waals surface area (Å²) in [6.07, 6.45) is 0. The minimum Gasteiger partial charge on any atom is -0.396 e. The van der Waals surface area contributed by atoms with Gasteiger partial charge in [0.15, 0.2) is 7.28 Å². The molecule has 1 aromatic rings. The average molecular weight is 137 g/mol. The van der Waals surface area contributed by atoms with Crippen LogP contribution in [0.15, 0.2) is 18.2 Å². The Kier molecular flexibility index (Phi) is 1.95. The summed E-state index contributed by atoms with van der Waals surface area (Å²) >= 11 is 0. The summed E-state index contributed by atoms with van der Waals surface area (Å²) in [4.78, 5) is 0. The monoisotopic (exact) mass is 137 g/mol. The molecule has 0 aromatic heterocycles. The molecule has 1 nitrogen and oxygen atoms in total. The zero-order chi connectivity index (χ0) is 7.56. The van der Waals surface area contributed by atoms with E-state index in [9.17, 15) is 4.39 Å². The summed E-state index contributed by atoms with van der Waals surface area (Å²) in [6, 6.07) is 4.80. The summed E-state index contributed by atoms with van der Waals surface area (Å²) in [7, 11) is 0.893. The highest BCUT2D eigenvalue weighted by Gasteiger charge is 1.96. The summed E-state index contributed by atoms with van der Waals surface area (Å²) in [5, 5.41) is 0. The smallest absolute Gasteiger partial charge is 0.154 e. The fourth-order valence-corrected chi connectivity index (χ4v) is 0.813. The van der Waals surface area contributed by atoms with Crippen molar-refractivity contribution in [1.29, 1.82) is 0 Å². The molecule has 10 heavy (non-hydrogen) atoms. The van der Waals surface area contributed by atoms with E-state index in [1.807, 2.05) is 6.82 Å². The summed E-state index contributed by atoms with van der Waals surface area (Å²) in [6.45, 7) is 2.01. The highest BCUT2D eigenvalue weighted by Crippen LogP contribution is 2.04. The van der Waals surface area contributed by atoms with Crippen LogP contribution in [0.5, 0.6) is 0 Å². The van der Waals surface area contributed by atoms with Gasteiger partial charge in [-0.2, -0.15) is 0 Å². The second-order valence-corrected chi connectivity index (χ2v) is 2.21. The van der Waals surface area contributed by atoms with Crippen molar-refractivity contribution in [3.63, 3.8) is 0 Å². The Hall–Kier alpha value is -0.985. The summed E-state index contributed by atoms with van der Waals surface area (Å²) in [5.41, 5.74) is 6.63. The van der Waals surface area contributed by atoms with E-state index in [1.54, 1.807) is 12.1 Å². The molecule has 1 rings (SSSR count). The van der Waals surface area contributed by atoms with Gasteiger partial charge in [-0.15, -0.1) is 0 Å². The van der Waals surface area contributed by atoms with Crippen molar-refractivity contribution in [3.05, 3.63) is 24.0 Å². The normalized spacial score (nSPS) is 9.40. The first-order valence-corrected chi connectivity index (χ1v) is 3.28. The van der Waals surface area contributed by atoms with Crippen molar-refractivity contribution >= 4 is 18.4 Å². The molecule has 1 aromatic carbocycles. The van der Waals surface area contributed by atoms with Gasteiger partial charge in [-0.05, 0) is 12.1 Å². The van der Waals surface area contributed by atoms with Crippen LogP contribution in [0, 0.1) is 5.82 Å². The molecule has 0 unspecified atom stereocenters. The average Bonchev–Trinajstić information content (AvgIpc) is 1.95. The van der Waals surface area contributed by atoms with E-state index in [4.69, 9.17) is 5.73 Å². The molecule has 0 aliphatic rings. The number of benzene rings is 1. The van der Waals surface area contributed by atoms with Gasteiger partial charge in [0.1, 0.15) is 5.82 Å². The molecule has 0 atom stereocenters. The molecule has 0 saturated heterocycles. The number of nitrogens with two attached hydrogens (primary N) is 1. The van der Waals surface area contributed by atoms with Crippen LogP contribution < -0.4 is 11.2 Å². The van der Waals surface area contributed by atoms with Crippen molar-refractivity contribution in [2.45, 2.75) is 6.82 Å². The van der Waals surface area contributed by atoms with Gasteiger partial charge in [-0.1, -0.05) is 18.4 Å². The largest absolute Gasteiger partial charge is 0.396 e. The van der Waals surface area contributed by atoms with Crippen molar-refractivity contribution < 1.29 is 4.39 Å². The molecule has 0 amide bonds. The standard InChI is InChI=1S/C7H9BFN/c1-8-5-2-3-6(9)7(10)4-5/h2-4,8H,10H2,1H3. The molecule has 0 bridgehead atoms. The first-order valence-electron chi connectivity index (χ1n) is 3.28. The van der Waals surface area contributed by atoms with Crippen LogP contribution in [0.1, 0.15) is 0 Å². The second-order valence-electron chi connectivity index (χ2n) is 2.21. The minimum atomic E-state index is -0.336.